The zero-order chi connectivity index (χ0) is 23.5. The summed E-state index contributed by atoms with van der Waals surface area (Å²) in [4.78, 5) is 5.73. The van der Waals surface area contributed by atoms with Crippen LogP contribution in [-0.2, 0) is 26.7 Å². The van der Waals surface area contributed by atoms with Crippen molar-refractivity contribution in [3.63, 3.8) is 0 Å². The van der Waals surface area contributed by atoms with E-state index in [1.165, 1.54) is 6.08 Å². The lowest BCUT2D eigenvalue weighted by atomic mass is 9.95. The van der Waals surface area contributed by atoms with E-state index < -0.39 is 25.5 Å². The highest BCUT2D eigenvalue weighted by Gasteiger charge is 2.38. The largest absolute Gasteiger partial charge is 0.361 e. The molecule has 2 N–H and O–H groups in total. The second kappa shape index (κ2) is 8.93. The van der Waals surface area contributed by atoms with E-state index in [1.807, 2.05) is 0 Å². The van der Waals surface area contributed by atoms with Crippen LogP contribution in [0.2, 0.25) is 0 Å². The molecular formula is C20H16N4O6S2. The average molecular weight is 473 g/mol. The minimum absolute atomic E-state index is 0.0961. The fourth-order valence-electron chi connectivity index (χ4n) is 3.36. The van der Waals surface area contributed by atoms with Gasteiger partial charge in [-0.05, 0) is 28.8 Å². The standard InChI is InChI=1S/2C10H8N2O3S/c11-12-10-6-8(16(13,14)15)5-7-3-1-2-4-9(7)10;11-12-9-6-5-7-3-1-2-4-8(7)10(9)16(13,14)15/h1-4,6H,5H2,(H,13,14,15);1-6,10H,(H,13,14,15). The van der Waals surface area contributed by atoms with Gasteiger partial charge in [0.1, 0.15) is 0 Å². The van der Waals surface area contributed by atoms with E-state index in [0.717, 1.165) is 6.08 Å². The Morgan fingerprint density at radius 3 is 2.16 bits per heavy atom. The molecule has 12 heteroatoms. The number of allylic oxidation sites excluding steroid dienone is 3. The number of hydrogen-bond donors (Lipinski definition) is 2. The SMILES string of the molecule is [N-]=[N+]=C1C=C(S(=O)(=O)O)Cc2ccccc21.[N-]=[N+]=C1C=Cc2ccccc2C1S(=O)(=O)O. The maximum atomic E-state index is 11.2. The first kappa shape index (κ1) is 23.2. The topological polar surface area (TPSA) is 182 Å². The molecule has 2 aliphatic rings. The van der Waals surface area contributed by atoms with Gasteiger partial charge in [-0.3, -0.25) is 9.11 Å². The van der Waals surface area contributed by atoms with Gasteiger partial charge in [-0.25, -0.2) is 0 Å². The van der Waals surface area contributed by atoms with Crippen LogP contribution in [0.4, 0.5) is 0 Å². The molecule has 1 unspecified atom stereocenters. The zero-order valence-corrected chi connectivity index (χ0v) is 17.9. The van der Waals surface area contributed by atoms with Gasteiger partial charge in [0.15, 0.2) is 0 Å². The van der Waals surface area contributed by atoms with Gasteiger partial charge in [0.25, 0.3) is 20.2 Å². The molecule has 0 amide bonds. The van der Waals surface area contributed by atoms with Crippen molar-refractivity contribution < 1.29 is 35.5 Å². The second-order valence-electron chi connectivity index (χ2n) is 6.79. The molecule has 32 heavy (non-hydrogen) atoms. The van der Waals surface area contributed by atoms with E-state index >= 15 is 0 Å². The van der Waals surface area contributed by atoms with Crippen LogP contribution in [0.15, 0.2) is 65.6 Å². The van der Waals surface area contributed by atoms with Crippen molar-refractivity contribution in [3.8, 4) is 0 Å². The summed E-state index contributed by atoms with van der Waals surface area (Å²) in [7, 11) is -8.59. The molecule has 4 rings (SSSR count). The highest BCUT2D eigenvalue weighted by Crippen LogP contribution is 2.30. The van der Waals surface area contributed by atoms with E-state index in [-0.39, 0.29) is 22.7 Å². The number of hydrogen-bond acceptors (Lipinski definition) is 4. The molecule has 0 aromatic heterocycles. The Hall–Kier alpha value is -3.50. The van der Waals surface area contributed by atoms with Gasteiger partial charge >= 0.3 is 11.4 Å². The van der Waals surface area contributed by atoms with Crippen molar-refractivity contribution in [1.29, 1.82) is 0 Å². The van der Waals surface area contributed by atoms with Gasteiger partial charge in [0.2, 0.25) is 5.25 Å². The number of fused-ring (bicyclic) bond motifs is 2. The van der Waals surface area contributed by atoms with Crippen LogP contribution in [0.25, 0.3) is 17.1 Å². The fraction of sp³-hybridized carbons (Fsp3) is 0.100. The van der Waals surface area contributed by atoms with Crippen molar-refractivity contribution in [3.05, 3.63) is 98.9 Å². The lowest BCUT2D eigenvalue weighted by molar-refractivity contribution is -0.00618. The van der Waals surface area contributed by atoms with E-state index in [4.69, 9.17) is 20.2 Å². The highest BCUT2D eigenvalue weighted by atomic mass is 32.2. The summed E-state index contributed by atoms with van der Waals surface area (Å²) in [5, 5.41) is -1.32. The van der Waals surface area contributed by atoms with E-state index in [9.17, 15) is 16.8 Å². The Bertz CT molecular complexity index is 1460. The Labute approximate surface area is 183 Å². The minimum Gasteiger partial charge on any atom is -0.361 e. The van der Waals surface area contributed by atoms with Crippen molar-refractivity contribution in [1.82, 2.24) is 0 Å². The molecule has 2 aliphatic carbocycles. The Balaban J connectivity index is 0.000000181. The van der Waals surface area contributed by atoms with Gasteiger partial charge in [0, 0.05) is 18.6 Å². The maximum Gasteiger partial charge on any atom is 0.323 e. The van der Waals surface area contributed by atoms with Crippen LogP contribution in [0.5, 0.6) is 0 Å². The molecule has 10 nitrogen and oxygen atoms in total. The maximum absolute atomic E-state index is 11.2. The highest BCUT2D eigenvalue weighted by molar-refractivity contribution is 7.89. The molecular weight excluding hydrogens is 456 g/mol. The van der Waals surface area contributed by atoms with Gasteiger partial charge in [0.05, 0.1) is 10.5 Å². The first-order valence-corrected chi connectivity index (χ1v) is 11.9. The quantitative estimate of drug-likeness (QED) is 0.384. The first-order valence-electron chi connectivity index (χ1n) is 9.00. The number of benzene rings is 2. The molecule has 0 bridgehead atoms. The minimum atomic E-state index is -4.34. The lowest BCUT2D eigenvalue weighted by Crippen LogP contribution is -2.24. The van der Waals surface area contributed by atoms with E-state index in [0.29, 0.717) is 22.3 Å². The third-order valence-corrected chi connectivity index (χ3v) is 6.80. The number of nitrogens with zero attached hydrogens (tertiary/aromatic N) is 4. The summed E-state index contributed by atoms with van der Waals surface area (Å²) >= 11 is 0. The van der Waals surface area contributed by atoms with Crippen LogP contribution in [0.1, 0.15) is 27.5 Å². The van der Waals surface area contributed by atoms with Crippen LogP contribution >= 0.6 is 0 Å². The van der Waals surface area contributed by atoms with Crippen LogP contribution < -0.4 is 0 Å². The van der Waals surface area contributed by atoms with Crippen molar-refractivity contribution in [2.75, 3.05) is 0 Å². The molecule has 0 radical (unpaired) electrons. The van der Waals surface area contributed by atoms with Crippen LogP contribution in [-0.4, -0.2) is 46.9 Å². The molecule has 0 saturated heterocycles. The van der Waals surface area contributed by atoms with Gasteiger partial charge in [-0.1, -0.05) is 42.5 Å². The average Bonchev–Trinajstić information content (AvgIpc) is 2.76. The Kier molecular flexibility index (Phi) is 6.47. The Morgan fingerprint density at radius 2 is 1.53 bits per heavy atom. The smallest absolute Gasteiger partial charge is 0.323 e. The summed E-state index contributed by atoms with van der Waals surface area (Å²) in [6, 6.07) is 13.7. The van der Waals surface area contributed by atoms with Gasteiger partial charge < -0.3 is 11.1 Å². The monoisotopic (exact) mass is 472 g/mol. The third-order valence-electron chi connectivity index (χ3n) is 4.79. The zero-order valence-electron chi connectivity index (χ0n) is 16.3. The molecule has 2 aromatic carbocycles. The molecule has 0 aliphatic heterocycles. The molecule has 0 heterocycles. The molecule has 164 valence electrons. The number of rotatable bonds is 2. The molecule has 0 spiro atoms. The lowest BCUT2D eigenvalue weighted by Gasteiger charge is -2.15. The molecule has 1 atom stereocenters. The van der Waals surface area contributed by atoms with Crippen molar-refractivity contribution >= 4 is 37.7 Å². The third kappa shape index (κ3) is 4.87. The summed E-state index contributed by atoms with van der Waals surface area (Å²) in [5.74, 6) is 0. The Morgan fingerprint density at radius 1 is 0.875 bits per heavy atom. The summed E-state index contributed by atoms with van der Waals surface area (Å²) < 4.78 is 62.6. The molecule has 0 saturated carbocycles. The summed E-state index contributed by atoms with van der Waals surface area (Å²) in [6.45, 7) is 0. The van der Waals surface area contributed by atoms with Crippen molar-refractivity contribution in [2.45, 2.75) is 11.7 Å². The molecule has 2 aromatic rings. The van der Waals surface area contributed by atoms with E-state index in [2.05, 4.69) is 9.58 Å². The first-order chi connectivity index (χ1) is 15.1. The predicted molar refractivity (Wildman–Crippen MR) is 116 cm³/mol. The summed E-state index contributed by atoms with van der Waals surface area (Å²) in [5.41, 5.74) is 20.0. The summed E-state index contributed by atoms with van der Waals surface area (Å²) in [6.07, 6.45) is 4.26. The van der Waals surface area contributed by atoms with Crippen LogP contribution in [0.3, 0.4) is 0 Å². The fourth-order valence-corrected chi connectivity index (χ4v) is 4.93. The second-order valence-corrected chi connectivity index (χ2v) is 9.76. The molecule has 0 fully saturated rings. The predicted octanol–water partition coefficient (Wildman–Crippen LogP) is 2.35. The van der Waals surface area contributed by atoms with Crippen LogP contribution in [0, 0.1) is 0 Å². The van der Waals surface area contributed by atoms with Gasteiger partial charge in [-0.2, -0.15) is 26.4 Å². The van der Waals surface area contributed by atoms with Crippen molar-refractivity contribution in [2.24, 2.45) is 0 Å². The normalized spacial score (nSPS) is 17.1. The van der Waals surface area contributed by atoms with E-state index in [1.54, 1.807) is 54.6 Å². The van der Waals surface area contributed by atoms with Gasteiger partial charge in [-0.15, -0.1) is 0 Å².